The third-order valence-electron chi connectivity index (χ3n) is 9.83. The van der Waals surface area contributed by atoms with Crippen molar-refractivity contribution in [2.75, 3.05) is 6.61 Å². The van der Waals surface area contributed by atoms with E-state index in [4.69, 9.17) is 4.65 Å². The second-order valence-corrected chi connectivity index (χ2v) is 12.7. The van der Waals surface area contributed by atoms with E-state index in [1.54, 1.807) is 0 Å². The molecule has 50 heavy (non-hydrogen) atoms. The summed E-state index contributed by atoms with van der Waals surface area (Å²) in [7, 11) is 0. The molecule has 0 fully saturated rings. The molecule has 0 atom stereocenters. The molecule has 238 valence electrons. The first-order chi connectivity index (χ1) is 24.8. The molecule has 0 unspecified atom stereocenters. The van der Waals surface area contributed by atoms with Crippen LogP contribution < -0.4 is 5.46 Å². The monoisotopic (exact) mass is 640 g/mol. The maximum Gasteiger partial charge on any atom is 0.362 e. The Kier molecular flexibility index (Phi) is 8.93. The maximum absolute atomic E-state index is 7.56. The lowest BCUT2D eigenvalue weighted by atomic mass is 9.49. The molecular weight excluding hydrogens is 603 g/mol. The van der Waals surface area contributed by atoms with Gasteiger partial charge in [-0.1, -0.05) is 212 Å². The molecule has 1 aliphatic rings. The fourth-order valence-corrected chi connectivity index (χ4v) is 7.63. The van der Waals surface area contributed by atoms with Crippen molar-refractivity contribution in [3.05, 3.63) is 246 Å². The Balaban J connectivity index is 1.66. The summed E-state index contributed by atoms with van der Waals surface area (Å²) in [6.07, 6.45) is 0. The van der Waals surface area contributed by atoms with Crippen molar-refractivity contribution in [2.45, 2.75) is 5.41 Å². The minimum atomic E-state index is -0.690. The smallest absolute Gasteiger partial charge is 0.362 e. The summed E-state index contributed by atoms with van der Waals surface area (Å²) in [5.41, 5.74) is 12.1. The van der Waals surface area contributed by atoms with Gasteiger partial charge in [-0.3, -0.25) is 0 Å². The summed E-state index contributed by atoms with van der Waals surface area (Å²) < 4.78 is 7.56. The Morgan fingerprint density at radius 2 is 0.720 bits per heavy atom. The molecule has 8 rings (SSSR count). The molecule has 2 heteroatoms. The molecule has 0 aromatic heterocycles. The zero-order valence-corrected chi connectivity index (χ0v) is 27.9. The number of hydrogen-bond acceptors (Lipinski definition) is 1. The summed E-state index contributed by atoms with van der Waals surface area (Å²) in [5, 5.41) is 0. The molecule has 1 nitrogen and oxygen atoms in total. The van der Waals surface area contributed by atoms with E-state index in [0.717, 1.165) is 38.8 Å². The van der Waals surface area contributed by atoms with E-state index in [1.807, 2.05) is 0 Å². The fourth-order valence-electron chi connectivity index (χ4n) is 7.63. The van der Waals surface area contributed by atoms with Gasteiger partial charge in [0.2, 0.25) is 0 Å². The molecule has 0 radical (unpaired) electrons. The molecule has 0 aliphatic carbocycles. The average molecular weight is 641 g/mol. The van der Waals surface area contributed by atoms with Crippen LogP contribution in [-0.2, 0) is 10.1 Å². The highest BCUT2D eigenvalue weighted by Crippen LogP contribution is 2.54. The number of benzene rings is 7. The zero-order chi connectivity index (χ0) is 33.6. The fraction of sp³-hybridized carbons (Fsp3) is 0.0417. The lowest BCUT2D eigenvalue weighted by Crippen LogP contribution is -2.44. The Bertz CT molecular complexity index is 2170. The van der Waals surface area contributed by atoms with Crippen LogP contribution in [0.3, 0.4) is 0 Å². The van der Waals surface area contributed by atoms with Crippen molar-refractivity contribution < 1.29 is 4.65 Å². The molecule has 0 N–H and O–H groups in total. The van der Waals surface area contributed by atoms with Crippen LogP contribution in [0.4, 0.5) is 0 Å². The lowest BCUT2D eigenvalue weighted by Gasteiger charge is -2.43. The van der Waals surface area contributed by atoms with Gasteiger partial charge in [0.25, 0.3) is 0 Å². The number of hydrogen-bond donors (Lipinski definition) is 0. The summed E-state index contributed by atoms with van der Waals surface area (Å²) in [4.78, 5) is 0. The van der Waals surface area contributed by atoms with E-state index in [0.29, 0.717) is 6.61 Å². The van der Waals surface area contributed by atoms with Crippen molar-refractivity contribution >= 4 is 34.6 Å². The third kappa shape index (κ3) is 5.85. The van der Waals surface area contributed by atoms with Gasteiger partial charge in [-0.05, 0) is 61.0 Å². The highest BCUT2D eigenvalue weighted by atomic mass is 16.4. The van der Waals surface area contributed by atoms with Crippen LogP contribution in [0.2, 0.25) is 0 Å². The first-order valence-electron chi connectivity index (χ1n) is 17.3. The van der Waals surface area contributed by atoms with Gasteiger partial charge in [0, 0.05) is 6.61 Å². The van der Waals surface area contributed by atoms with Crippen LogP contribution in [0.15, 0.2) is 212 Å². The van der Waals surface area contributed by atoms with E-state index in [1.165, 1.54) is 22.3 Å². The summed E-state index contributed by atoms with van der Waals surface area (Å²) >= 11 is 0. The van der Waals surface area contributed by atoms with Gasteiger partial charge in [0.1, 0.15) is 0 Å². The van der Waals surface area contributed by atoms with E-state index in [2.05, 4.69) is 212 Å². The van der Waals surface area contributed by atoms with Gasteiger partial charge in [-0.2, -0.15) is 0 Å². The first kappa shape index (κ1) is 31.3. The number of rotatable bonds is 7. The van der Waals surface area contributed by atoms with Gasteiger partial charge in [-0.15, -0.1) is 0 Å². The normalized spacial score (nSPS) is 17.5. The van der Waals surface area contributed by atoms with Crippen LogP contribution in [0.1, 0.15) is 33.4 Å². The molecule has 1 aliphatic heterocycles. The Labute approximate surface area is 296 Å². The van der Waals surface area contributed by atoms with Crippen LogP contribution in [0, 0.1) is 0 Å². The Hall–Kier alpha value is -5.96. The van der Waals surface area contributed by atoms with Crippen LogP contribution >= 0.6 is 0 Å². The van der Waals surface area contributed by atoms with Crippen molar-refractivity contribution in [3.63, 3.8) is 0 Å². The van der Waals surface area contributed by atoms with Crippen LogP contribution in [0.25, 0.3) is 22.2 Å². The molecule has 7 aromatic rings. The second kappa shape index (κ2) is 14.3. The summed E-state index contributed by atoms with van der Waals surface area (Å²) in [5.74, 6) is 0. The highest BCUT2D eigenvalue weighted by Gasteiger charge is 2.46. The van der Waals surface area contributed by atoms with Crippen molar-refractivity contribution in [1.29, 1.82) is 0 Å². The van der Waals surface area contributed by atoms with Crippen LogP contribution in [-0.4, -0.2) is 13.5 Å². The molecular formula is C48H37BO. The quantitative estimate of drug-likeness (QED) is 0.158. The summed E-state index contributed by atoms with van der Waals surface area (Å²) in [6, 6.07) is 76.2. The Morgan fingerprint density at radius 3 is 1.18 bits per heavy atom. The molecule has 0 saturated heterocycles. The predicted octanol–water partition coefficient (Wildman–Crippen LogP) is 10.7. The van der Waals surface area contributed by atoms with Crippen molar-refractivity contribution in [1.82, 2.24) is 0 Å². The third-order valence-corrected chi connectivity index (χ3v) is 9.83. The molecule has 0 bridgehead atoms. The van der Waals surface area contributed by atoms with Crippen LogP contribution in [0.5, 0.6) is 0 Å². The van der Waals surface area contributed by atoms with Gasteiger partial charge < -0.3 is 4.65 Å². The Morgan fingerprint density at radius 1 is 0.360 bits per heavy atom. The molecule has 7 aromatic carbocycles. The average Bonchev–Trinajstić information content (AvgIpc) is 3.20. The van der Waals surface area contributed by atoms with E-state index >= 15 is 0 Å². The first-order valence-corrected chi connectivity index (χ1v) is 17.3. The van der Waals surface area contributed by atoms with Crippen molar-refractivity contribution in [3.8, 4) is 0 Å². The molecule has 0 saturated carbocycles. The maximum atomic E-state index is 7.56. The minimum absolute atomic E-state index is 0.364. The van der Waals surface area contributed by atoms with Gasteiger partial charge in [-0.25, -0.2) is 0 Å². The van der Waals surface area contributed by atoms with E-state index < -0.39 is 5.41 Å². The molecule has 0 spiro atoms. The van der Waals surface area contributed by atoms with Gasteiger partial charge in [0.05, 0.1) is 5.41 Å². The van der Waals surface area contributed by atoms with Gasteiger partial charge in [0.15, 0.2) is 0 Å². The predicted molar refractivity (Wildman–Crippen MR) is 211 cm³/mol. The van der Waals surface area contributed by atoms with Gasteiger partial charge >= 0.3 is 6.92 Å². The minimum Gasteiger partial charge on any atom is -0.425 e. The largest absolute Gasteiger partial charge is 0.425 e. The zero-order valence-electron chi connectivity index (χ0n) is 27.9. The molecule has 1 heterocycles. The van der Waals surface area contributed by atoms with Crippen molar-refractivity contribution in [2.24, 2.45) is 0 Å². The standard InChI is InChI=1S/C48H37BO/c1-8-22-37(23-9-1)44-45(38-24-10-2-11-25-38)47(40-28-14-4-15-29-40)49(43-34-20-7-21-35-43)50-36-48(41-30-16-5-17-31-41,42-32-18-6-19-33-42)46(44)39-26-12-3-13-27-39/h1-35H,36H2/b46-44-,47-45-. The summed E-state index contributed by atoms with van der Waals surface area (Å²) in [6.45, 7) is 0.0520. The SMILES string of the molecule is c1ccc(B2OCC(c3ccccc3)(c3ccccc3)/C(c3ccccc3)=C(c3ccccc3)\C(c3ccccc3)=C/2c2ccccc2)cc1. The topological polar surface area (TPSA) is 9.23 Å². The second-order valence-electron chi connectivity index (χ2n) is 12.7. The lowest BCUT2D eigenvalue weighted by molar-refractivity contribution is 0.286. The molecule has 0 amide bonds. The van der Waals surface area contributed by atoms with E-state index in [9.17, 15) is 0 Å². The highest BCUT2D eigenvalue weighted by molar-refractivity contribution is 6.87. The van der Waals surface area contributed by atoms with E-state index in [-0.39, 0.29) is 6.92 Å². The number of allylic oxidation sites excluding steroid dienone is 2.